The molecule has 0 amide bonds. The molecule has 0 N–H and O–H groups in total. The Hall–Kier alpha value is -0.770. The van der Waals surface area contributed by atoms with Crippen LogP contribution in [0.15, 0.2) is 4.99 Å². The van der Waals surface area contributed by atoms with Crippen molar-refractivity contribution in [3.63, 3.8) is 0 Å². The van der Waals surface area contributed by atoms with E-state index >= 15 is 0 Å². The van der Waals surface area contributed by atoms with Gasteiger partial charge in [0, 0.05) is 26.2 Å². The van der Waals surface area contributed by atoms with E-state index < -0.39 is 0 Å². The molecule has 1 aliphatic rings. The van der Waals surface area contributed by atoms with Gasteiger partial charge in [-0.2, -0.15) is 0 Å². The van der Waals surface area contributed by atoms with Gasteiger partial charge in [-0.1, -0.05) is 13.8 Å². The molecule has 1 aliphatic heterocycles. The highest BCUT2D eigenvalue weighted by Crippen LogP contribution is 2.15. The minimum Gasteiger partial charge on any atom is -0.846 e. The van der Waals surface area contributed by atoms with Crippen LogP contribution in [0.4, 0.5) is 0 Å². The molecule has 0 bridgehead atoms. The Bertz CT molecular complexity index is 194. The van der Waals surface area contributed by atoms with Crippen molar-refractivity contribution in [1.29, 1.82) is 0 Å². The molecule has 14 heavy (non-hydrogen) atoms. The molecule has 2 unspecified atom stereocenters. The first-order valence-corrected chi connectivity index (χ1v) is 5.25. The van der Waals surface area contributed by atoms with Crippen molar-refractivity contribution in [3.05, 3.63) is 0 Å². The van der Waals surface area contributed by atoms with Gasteiger partial charge in [0.1, 0.15) is 0 Å². The summed E-state index contributed by atoms with van der Waals surface area (Å²) in [5.41, 5.74) is 0. The van der Waals surface area contributed by atoms with Crippen molar-refractivity contribution >= 4 is 6.02 Å². The molecule has 0 saturated carbocycles. The second-order valence-electron chi connectivity index (χ2n) is 3.61. The second kappa shape index (κ2) is 5.20. The largest absolute Gasteiger partial charge is 0.846 e. The van der Waals surface area contributed by atoms with Crippen LogP contribution < -0.4 is 5.11 Å². The highest BCUT2D eigenvalue weighted by atomic mass is 16.5. The van der Waals surface area contributed by atoms with Crippen molar-refractivity contribution < 1.29 is 9.84 Å². The molecule has 0 aliphatic carbocycles. The SMILES string of the molecule is CCC1CN(C([O-])=NC)CC(CC)O1. The van der Waals surface area contributed by atoms with E-state index in [2.05, 4.69) is 18.8 Å². The van der Waals surface area contributed by atoms with Gasteiger partial charge in [-0.05, 0) is 12.8 Å². The van der Waals surface area contributed by atoms with Crippen LogP contribution >= 0.6 is 0 Å². The summed E-state index contributed by atoms with van der Waals surface area (Å²) in [6.07, 6.45) is 2.26. The second-order valence-corrected chi connectivity index (χ2v) is 3.61. The Balaban J connectivity index is 2.60. The van der Waals surface area contributed by atoms with Crippen LogP contribution in [0.2, 0.25) is 0 Å². The van der Waals surface area contributed by atoms with Crippen LogP contribution in [-0.4, -0.2) is 43.3 Å². The number of morpholine rings is 1. The predicted octanol–water partition coefficient (Wildman–Crippen LogP) is 0.222. The maximum atomic E-state index is 11.4. The van der Waals surface area contributed by atoms with Crippen LogP contribution in [0.25, 0.3) is 0 Å². The molecule has 4 heteroatoms. The summed E-state index contributed by atoms with van der Waals surface area (Å²) in [5, 5.41) is 11.4. The highest BCUT2D eigenvalue weighted by molar-refractivity contribution is 5.69. The third-order valence-corrected chi connectivity index (χ3v) is 2.61. The molecule has 1 heterocycles. The van der Waals surface area contributed by atoms with Crippen molar-refractivity contribution in [2.24, 2.45) is 4.99 Å². The zero-order valence-corrected chi connectivity index (χ0v) is 9.19. The third-order valence-electron chi connectivity index (χ3n) is 2.61. The molecule has 82 valence electrons. The van der Waals surface area contributed by atoms with Crippen molar-refractivity contribution in [3.8, 4) is 0 Å². The Labute approximate surface area is 85.6 Å². The van der Waals surface area contributed by atoms with Gasteiger partial charge in [0.25, 0.3) is 0 Å². The van der Waals surface area contributed by atoms with E-state index in [1.807, 2.05) is 0 Å². The maximum absolute atomic E-state index is 11.4. The van der Waals surface area contributed by atoms with Crippen LogP contribution in [-0.2, 0) is 4.74 Å². The predicted molar refractivity (Wildman–Crippen MR) is 54.2 cm³/mol. The first kappa shape index (κ1) is 11.3. The van der Waals surface area contributed by atoms with Gasteiger partial charge < -0.3 is 14.7 Å². The first-order valence-electron chi connectivity index (χ1n) is 5.25. The summed E-state index contributed by atoms with van der Waals surface area (Å²) < 4.78 is 5.77. The molecule has 2 atom stereocenters. The third kappa shape index (κ3) is 2.61. The number of nitrogens with zero attached hydrogens (tertiary/aromatic N) is 2. The zero-order valence-electron chi connectivity index (χ0n) is 9.19. The summed E-state index contributed by atoms with van der Waals surface area (Å²) in [6, 6.07) is -0.120. The maximum Gasteiger partial charge on any atom is 0.0752 e. The molecular formula is C10H19N2O2-. The fourth-order valence-electron chi connectivity index (χ4n) is 1.67. The first-order chi connectivity index (χ1) is 6.71. The smallest absolute Gasteiger partial charge is 0.0752 e. The lowest BCUT2D eigenvalue weighted by Crippen LogP contribution is -2.53. The molecule has 0 aromatic carbocycles. The minimum absolute atomic E-state index is 0.120. The topological polar surface area (TPSA) is 47.9 Å². The van der Waals surface area contributed by atoms with Crippen LogP contribution in [0, 0.1) is 0 Å². The molecule has 0 radical (unpaired) electrons. The normalized spacial score (nSPS) is 29.4. The summed E-state index contributed by atoms with van der Waals surface area (Å²) >= 11 is 0. The van der Waals surface area contributed by atoms with Gasteiger partial charge in [0.2, 0.25) is 0 Å². The van der Waals surface area contributed by atoms with Gasteiger partial charge in [-0.3, -0.25) is 4.99 Å². The van der Waals surface area contributed by atoms with Crippen LogP contribution in [0.5, 0.6) is 0 Å². The van der Waals surface area contributed by atoms with Gasteiger partial charge in [-0.15, -0.1) is 0 Å². The summed E-state index contributed by atoms with van der Waals surface area (Å²) in [7, 11) is 1.54. The van der Waals surface area contributed by atoms with E-state index in [0.717, 1.165) is 12.8 Å². The van der Waals surface area contributed by atoms with E-state index in [1.165, 1.54) is 0 Å². The molecule has 0 aromatic heterocycles. The number of rotatable bonds is 2. The standard InChI is InChI=1S/C10H20N2O2/c1-4-8-6-12(10(13)11-3)7-9(5-2)14-8/h8-9H,4-7H2,1-3H3,(H,11,13)/p-1. The number of ether oxygens (including phenoxy) is 1. The number of aliphatic imine (C=N–C) groups is 1. The minimum atomic E-state index is -0.120. The monoisotopic (exact) mass is 199 g/mol. The summed E-state index contributed by atoms with van der Waals surface area (Å²) in [5.74, 6) is 0. The molecular weight excluding hydrogens is 180 g/mol. The molecule has 1 fully saturated rings. The number of hydrogen-bond donors (Lipinski definition) is 0. The van der Waals surface area contributed by atoms with Gasteiger partial charge in [0.15, 0.2) is 0 Å². The number of hydrogen-bond acceptors (Lipinski definition) is 3. The van der Waals surface area contributed by atoms with E-state index in [0.29, 0.717) is 13.1 Å². The Morgan fingerprint density at radius 2 is 1.86 bits per heavy atom. The Kier molecular flexibility index (Phi) is 4.20. The Morgan fingerprint density at radius 3 is 2.21 bits per heavy atom. The van der Waals surface area contributed by atoms with Gasteiger partial charge >= 0.3 is 0 Å². The van der Waals surface area contributed by atoms with Crippen molar-refractivity contribution in [2.75, 3.05) is 20.1 Å². The fraction of sp³-hybridized carbons (Fsp3) is 0.900. The highest BCUT2D eigenvalue weighted by Gasteiger charge is 2.24. The molecule has 1 saturated heterocycles. The van der Waals surface area contributed by atoms with Crippen molar-refractivity contribution in [2.45, 2.75) is 38.9 Å². The van der Waals surface area contributed by atoms with E-state index in [4.69, 9.17) is 4.74 Å². The molecule has 0 aromatic rings. The quantitative estimate of drug-likeness (QED) is 0.472. The lowest BCUT2D eigenvalue weighted by Gasteiger charge is -2.41. The fourth-order valence-corrected chi connectivity index (χ4v) is 1.67. The zero-order chi connectivity index (χ0) is 10.6. The van der Waals surface area contributed by atoms with Crippen LogP contribution in [0.1, 0.15) is 26.7 Å². The van der Waals surface area contributed by atoms with E-state index in [-0.39, 0.29) is 18.2 Å². The molecule has 4 nitrogen and oxygen atoms in total. The van der Waals surface area contributed by atoms with E-state index in [1.54, 1.807) is 11.9 Å². The number of amidine groups is 1. The molecule has 0 spiro atoms. The summed E-state index contributed by atoms with van der Waals surface area (Å²) in [4.78, 5) is 5.46. The lowest BCUT2D eigenvalue weighted by molar-refractivity contribution is -0.242. The lowest BCUT2D eigenvalue weighted by atomic mass is 10.1. The average molecular weight is 199 g/mol. The van der Waals surface area contributed by atoms with Crippen molar-refractivity contribution in [1.82, 2.24) is 4.90 Å². The Morgan fingerprint density at radius 1 is 1.36 bits per heavy atom. The van der Waals surface area contributed by atoms with Crippen LogP contribution in [0.3, 0.4) is 0 Å². The average Bonchev–Trinajstić information content (AvgIpc) is 2.27. The molecule has 1 rings (SSSR count). The summed E-state index contributed by atoms with van der Waals surface area (Å²) in [6.45, 7) is 5.52. The van der Waals surface area contributed by atoms with Gasteiger partial charge in [-0.25, -0.2) is 0 Å². The van der Waals surface area contributed by atoms with Gasteiger partial charge in [0.05, 0.1) is 12.2 Å². The van der Waals surface area contributed by atoms with E-state index in [9.17, 15) is 5.11 Å².